The van der Waals surface area contributed by atoms with Gasteiger partial charge in [0, 0.05) is 68.0 Å². The highest BCUT2D eigenvalue weighted by Crippen LogP contribution is 2.62. The third kappa shape index (κ3) is 6.31. The van der Waals surface area contributed by atoms with Gasteiger partial charge in [-0.2, -0.15) is 0 Å². The summed E-state index contributed by atoms with van der Waals surface area (Å²) in [6.45, 7) is 18.8. The van der Waals surface area contributed by atoms with E-state index in [1.54, 1.807) is 0 Å². The molecule has 3 nitrogen and oxygen atoms in total. The summed E-state index contributed by atoms with van der Waals surface area (Å²) in [5.74, 6) is 0.187. The van der Waals surface area contributed by atoms with Crippen LogP contribution in [0.3, 0.4) is 0 Å². The molecule has 0 saturated carbocycles. The second-order valence-corrected chi connectivity index (χ2v) is 19.5. The molecule has 310 valence electrons. The van der Waals surface area contributed by atoms with E-state index in [9.17, 15) is 0 Å². The fourth-order valence-corrected chi connectivity index (χ4v) is 11.3. The predicted molar refractivity (Wildman–Crippen MR) is 268 cm³/mol. The molecule has 2 heterocycles. The van der Waals surface area contributed by atoms with Gasteiger partial charge in [-0.25, -0.2) is 0 Å². The van der Waals surface area contributed by atoms with Crippen molar-refractivity contribution >= 4 is 61.4 Å². The van der Waals surface area contributed by atoms with Crippen LogP contribution in [0.2, 0.25) is 0 Å². The van der Waals surface area contributed by atoms with E-state index in [-0.39, 0.29) is 16.7 Å². The van der Waals surface area contributed by atoms with E-state index in [2.05, 4.69) is 240 Å². The van der Waals surface area contributed by atoms with Gasteiger partial charge in [0.2, 0.25) is 0 Å². The van der Waals surface area contributed by atoms with Gasteiger partial charge < -0.3 is 14.7 Å². The molecule has 63 heavy (non-hydrogen) atoms. The third-order valence-corrected chi connectivity index (χ3v) is 14.3. The Bertz CT molecular complexity index is 3190. The topological polar surface area (TPSA) is 9.72 Å². The molecule has 8 aromatic carbocycles. The van der Waals surface area contributed by atoms with E-state index in [1.807, 2.05) is 0 Å². The molecule has 0 bridgehead atoms. The maximum Gasteiger partial charge on any atom is 0.0499 e. The minimum absolute atomic E-state index is 0.187. The van der Waals surface area contributed by atoms with Gasteiger partial charge in [0.25, 0.3) is 0 Å². The summed E-state index contributed by atoms with van der Waals surface area (Å²) in [6.07, 6.45) is 3.45. The highest BCUT2D eigenvalue weighted by Gasteiger charge is 2.52. The summed E-state index contributed by atoms with van der Waals surface area (Å²) >= 11 is 0. The number of hydrogen-bond donors (Lipinski definition) is 0. The van der Waals surface area contributed by atoms with Gasteiger partial charge >= 0.3 is 0 Å². The van der Waals surface area contributed by atoms with Crippen molar-refractivity contribution in [2.24, 2.45) is 5.92 Å². The number of nitrogens with zero attached hydrogens (tertiary/aromatic N) is 3. The SMILES string of the molecule is Cc1cc(C)cc(N(C2=CC3=C4C(C2)C(C)(C)c2cc(N(c5cc(C)cc(C)c5)c5ccc6ccccc6c5)ccc2N4c2ccccc2C3(C)C)c2ccc3ccccc3c2)c1. The van der Waals surface area contributed by atoms with Gasteiger partial charge in [-0.15, -0.1) is 0 Å². The zero-order valence-electron chi connectivity index (χ0n) is 37.8. The average Bonchev–Trinajstić information content (AvgIpc) is 3.26. The molecular formula is C60H55N3. The fraction of sp³-hybridized carbons (Fsp3) is 0.200. The van der Waals surface area contributed by atoms with Crippen molar-refractivity contribution in [2.75, 3.05) is 14.7 Å². The Balaban J connectivity index is 1.14. The first-order chi connectivity index (χ1) is 30.3. The van der Waals surface area contributed by atoms with Crippen LogP contribution in [-0.4, -0.2) is 0 Å². The highest BCUT2D eigenvalue weighted by atomic mass is 15.2. The standard InChI is InChI=1S/C60H55N3/c1-38-27-39(2)30-49(29-38)61(46-23-21-42-15-9-11-17-44(42)33-46)48-25-26-57-53(35-48)60(7,8)55-37-51(36-54-58(55)63(57)56-20-14-13-19-52(56)59(54,5)6)62(50-31-40(3)28-41(4)32-50)47-24-22-43-16-10-12-18-45(43)34-47/h9-36,55H,37H2,1-8H3. The molecule has 0 fully saturated rings. The molecule has 1 aliphatic carbocycles. The number of allylic oxidation sites excluding steroid dienone is 4. The maximum atomic E-state index is 2.65. The van der Waals surface area contributed by atoms with Crippen molar-refractivity contribution in [1.29, 1.82) is 0 Å². The number of rotatable bonds is 6. The molecule has 2 aliphatic heterocycles. The highest BCUT2D eigenvalue weighted by molar-refractivity contribution is 5.92. The lowest BCUT2D eigenvalue weighted by atomic mass is 9.59. The normalized spacial score (nSPS) is 16.9. The molecule has 8 aromatic rings. The van der Waals surface area contributed by atoms with Gasteiger partial charge in [-0.1, -0.05) is 119 Å². The van der Waals surface area contributed by atoms with Gasteiger partial charge in [0.1, 0.15) is 0 Å². The van der Waals surface area contributed by atoms with Gasteiger partial charge in [-0.3, -0.25) is 0 Å². The zero-order valence-corrected chi connectivity index (χ0v) is 37.8. The van der Waals surface area contributed by atoms with Gasteiger partial charge in [0.15, 0.2) is 0 Å². The second kappa shape index (κ2) is 14.4. The number of anilines is 7. The number of benzene rings is 8. The molecule has 1 atom stereocenters. The average molecular weight is 818 g/mol. The van der Waals surface area contributed by atoms with Crippen molar-refractivity contribution in [1.82, 2.24) is 0 Å². The van der Waals surface area contributed by atoms with Crippen LogP contribution in [0.1, 0.15) is 67.5 Å². The van der Waals surface area contributed by atoms with Crippen LogP contribution in [0.15, 0.2) is 187 Å². The Hall–Kier alpha value is -6.84. The van der Waals surface area contributed by atoms with Crippen LogP contribution < -0.4 is 14.7 Å². The van der Waals surface area contributed by atoms with Gasteiger partial charge in [0.05, 0.1) is 0 Å². The van der Waals surface area contributed by atoms with Crippen molar-refractivity contribution in [2.45, 2.75) is 72.6 Å². The molecule has 0 aromatic heterocycles. The van der Waals surface area contributed by atoms with Crippen molar-refractivity contribution in [3.05, 3.63) is 220 Å². The third-order valence-electron chi connectivity index (χ3n) is 14.3. The molecule has 0 spiro atoms. The molecule has 11 rings (SSSR count). The van der Waals surface area contributed by atoms with E-state index in [0.29, 0.717) is 0 Å². The van der Waals surface area contributed by atoms with Crippen molar-refractivity contribution < 1.29 is 0 Å². The Kier molecular flexibility index (Phi) is 8.90. The quantitative estimate of drug-likeness (QED) is 0.165. The molecule has 1 unspecified atom stereocenters. The van der Waals surface area contributed by atoms with Crippen molar-refractivity contribution in [3.63, 3.8) is 0 Å². The van der Waals surface area contributed by atoms with E-state index in [1.165, 1.54) is 106 Å². The summed E-state index contributed by atoms with van der Waals surface area (Å²) in [5, 5.41) is 4.98. The van der Waals surface area contributed by atoms with Gasteiger partial charge in [-0.05, 0) is 173 Å². The lowest BCUT2D eigenvalue weighted by molar-refractivity contribution is 0.332. The summed E-state index contributed by atoms with van der Waals surface area (Å²) in [7, 11) is 0. The molecular weight excluding hydrogens is 763 g/mol. The molecule has 0 saturated heterocycles. The maximum absolute atomic E-state index is 2.65. The zero-order chi connectivity index (χ0) is 43.4. The molecule has 0 radical (unpaired) electrons. The Morgan fingerprint density at radius 3 is 1.52 bits per heavy atom. The van der Waals surface area contributed by atoms with Crippen LogP contribution in [0.5, 0.6) is 0 Å². The smallest absolute Gasteiger partial charge is 0.0499 e. The molecule has 3 aliphatic rings. The Morgan fingerprint density at radius 2 is 0.921 bits per heavy atom. The fourth-order valence-electron chi connectivity index (χ4n) is 11.3. The number of aryl methyl sites for hydroxylation is 4. The van der Waals surface area contributed by atoms with Crippen molar-refractivity contribution in [3.8, 4) is 0 Å². The Morgan fingerprint density at radius 1 is 0.444 bits per heavy atom. The van der Waals surface area contributed by atoms with E-state index >= 15 is 0 Å². The van der Waals surface area contributed by atoms with Crippen LogP contribution >= 0.6 is 0 Å². The van der Waals surface area contributed by atoms with Crippen LogP contribution in [0.25, 0.3) is 21.5 Å². The number of hydrogen-bond acceptors (Lipinski definition) is 3. The molecule has 0 N–H and O–H groups in total. The first-order valence-corrected chi connectivity index (χ1v) is 22.6. The number of para-hydroxylation sites is 1. The lowest BCUT2D eigenvalue weighted by Crippen LogP contribution is -2.48. The predicted octanol–water partition coefficient (Wildman–Crippen LogP) is 16.4. The second-order valence-electron chi connectivity index (χ2n) is 19.5. The molecule has 3 heteroatoms. The first-order valence-electron chi connectivity index (χ1n) is 22.6. The number of fused-ring (bicyclic) bond motifs is 6. The van der Waals surface area contributed by atoms with Crippen LogP contribution in [0.4, 0.5) is 39.8 Å². The monoisotopic (exact) mass is 817 g/mol. The lowest BCUT2D eigenvalue weighted by Gasteiger charge is -2.55. The van der Waals surface area contributed by atoms with E-state index in [4.69, 9.17) is 0 Å². The van der Waals surface area contributed by atoms with E-state index in [0.717, 1.165) is 12.1 Å². The summed E-state index contributed by atoms with van der Waals surface area (Å²) in [5.41, 5.74) is 19.9. The Labute approximate surface area is 373 Å². The van der Waals surface area contributed by atoms with Crippen LogP contribution in [0, 0.1) is 33.6 Å². The summed E-state index contributed by atoms with van der Waals surface area (Å²) < 4.78 is 0. The minimum atomic E-state index is -0.237. The largest absolute Gasteiger partial charge is 0.314 e. The molecule has 0 amide bonds. The summed E-state index contributed by atoms with van der Waals surface area (Å²) in [6, 6.07) is 61.7. The van der Waals surface area contributed by atoms with E-state index < -0.39 is 0 Å². The first kappa shape index (κ1) is 39.0. The van der Waals surface area contributed by atoms with Crippen LogP contribution in [-0.2, 0) is 10.8 Å². The summed E-state index contributed by atoms with van der Waals surface area (Å²) in [4.78, 5) is 7.69. The minimum Gasteiger partial charge on any atom is -0.314 e.